The van der Waals surface area contributed by atoms with Gasteiger partial charge in [0.05, 0.1) is 0 Å². The lowest BCUT2D eigenvalue weighted by atomic mass is 10.4. The van der Waals surface area contributed by atoms with Gasteiger partial charge >= 0.3 is 5.97 Å². The Morgan fingerprint density at radius 3 is 2.60 bits per heavy atom. The lowest BCUT2D eigenvalue weighted by Gasteiger charge is -1.98. The third-order valence-corrected chi connectivity index (χ3v) is 0.621. The zero-order valence-corrected chi connectivity index (χ0v) is 5.87. The molecule has 3 N–H and O–H groups in total. The topological polar surface area (TPSA) is 84.9 Å². The summed E-state index contributed by atoms with van der Waals surface area (Å²) in [5.41, 5.74) is 5.03. The number of hydrogen-bond acceptors (Lipinski definition) is 4. The Morgan fingerprint density at radius 2 is 2.30 bits per heavy atom. The summed E-state index contributed by atoms with van der Waals surface area (Å²) >= 11 is 0. The predicted molar refractivity (Wildman–Crippen MR) is 35.1 cm³/mol. The first-order valence-electron chi connectivity index (χ1n) is 2.73. The van der Waals surface area contributed by atoms with E-state index in [2.05, 4.69) is 9.99 Å². The maximum Gasteiger partial charge on any atom is 0.362 e. The van der Waals surface area contributed by atoms with E-state index in [4.69, 9.17) is 10.8 Å². The summed E-state index contributed by atoms with van der Waals surface area (Å²) in [6.07, 6.45) is -1.16. The highest BCUT2D eigenvalue weighted by Gasteiger charge is 2.09. The second kappa shape index (κ2) is 3.84. The third kappa shape index (κ3) is 3.85. The molecule has 0 fully saturated rings. The van der Waals surface area contributed by atoms with Gasteiger partial charge in [0.25, 0.3) is 0 Å². The van der Waals surface area contributed by atoms with Gasteiger partial charge in [-0.25, -0.2) is 4.79 Å². The van der Waals surface area contributed by atoms with Crippen LogP contribution in [0.1, 0.15) is 13.8 Å². The minimum absolute atomic E-state index is 0.133. The van der Waals surface area contributed by atoms with Crippen LogP contribution in [0.15, 0.2) is 5.16 Å². The summed E-state index contributed by atoms with van der Waals surface area (Å²) in [7, 11) is 0. The molecular formula is C5H10N2O3. The predicted octanol–water partition coefficient (Wildman–Crippen LogP) is -0.798. The van der Waals surface area contributed by atoms with Crippen LogP contribution in [0.25, 0.3) is 0 Å². The number of carbonyl (C=O) groups is 1. The number of aliphatic hydroxyl groups is 1. The fourth-order valence-electron chi connectivity index (χ4n) is 0.193. The number of nitrogens with zero attached hydrogens (tertiary/aromatic N) is 1. The van der Waals surface area contributed by atoms with E-state index in [0.29, 0.717) is 0 Å². The average molecular weight is 146 g/mol. The number of aliphatic hydroxyl groups excluding tert-OH is 1. The van der Waals surface area contributed by atoms with Gasteiger partial charge in [0.1, 0.15) is 5.84 Å². The summed E-state index contributed by atoms with van der Waals surface area (Å²) < 4.78 is 0. The second-order valence-electron chi connectivity index (χ2n) is 1.82. The first kappa shape index (κ1) is 8.90. The Kier molecular flexibility index (Phi) is 3.42. The van der Waals surface area contributed by atoms with Crippen molar-refractivity contribution in [3.8, 4) is 0 Å². The van der Waals surface area contributed by atoms with Crippen LogP contribution < -0.4 is 5.73 Å². The van der Waals surface area contributed by atoms with Gasteiger partial charge < -0.3 is 15.7 Å². The van der Waals surface area contributed by atoms with Gasteiger partial charge in [-0.3, -0.25) is 0 Å². The summed E-state index contributed by atoms with van der Waals surface area (Å²) in [5, 5.41) is 11.7. The van der Waals surface area contributed by atoms with Crippen molar-refractivity contribution in [1.82, 2.24) is 0 Å². The first-order valence-corrected chi connectivity index (χ1v) is 2.73. The molecule has 0 saturated heterocycles. The van der Waals surface area contributed by atoms with E-state index in [-0.39, 0.29) is 5.84 Å². The minimum atomic E-state index is -1.16. The molecule has 0 bridgehead atoms. The van der Waals surface area contributed by atoms with Gasteiger partial charge in [-0.2, -0.15) is 0 Å². The van der Waals surface area contributed by atoms with E-state index in [0.717, 1.165) is 0 Å². The molecule has 58 valence electrons. The van der Waals surface area contributed by atoms with Gasteiger partial charge in [-0.05, 0) is 13.8 Å². The highest BCUT2D eigenvalue weighted by molar-refractivity contribution is 5.79. The fourth-order valence-corrected chi connectivity index (χ4v) is 0.193. The van der Waals surface area contributed by atoms with E-state index in [1.165, 1.54) is 13.8 Å². The molecule has 0 aromatic rings. The largest absolute Gasteiger partial charge is 0.385 e. The van der Waals surface area contributed by atoms with Gasteiger partial charge in [0.2, 0.25) is 0 Å². The molecule has 0 spiro atoms. The van der Waals surface area contributed by atoms with Gasteiger partial charge in [0.15, 0.2) is 6.10 Å². The Morgan fingerprint density at radius 1 is 1.80 bits per heavy atom. The maximum absolute atomic E-state index is 10.4. The lowest BCUT2D eigenvalue weighted by molar-refractivity contribution is -0.152. The number of oxime groups is 1. The molecule has 0 heterocycles. The quantitative estimate of drug-likeness (QED) is 0.231. The fraction of sp³-hybridized carbons (Fsp3) is 0.600. The number of nitrogens with two attached hydrogens (primary N) is 1. The molecule has 0 rings (SSSR count). The molecule has 0 aliphatic heterocycles. The summed E-state index contributed by atoms with van der Waals surface area (Å²) in [6.45, 7) is 2.75. The van der Waals surface area contributed by atoms with Crippen LogP contribution in [0.4, 0.5) is 0 Å². The number of rotatable bonds is 2. The van der Waals surface area contributed by atoms with E-state index in [9.17, 15) is 4.79 Å². The Labute approximate surface area is 58.5 Å². The molecule has 10 heavy (non-hydrogen) atoms. The van der Waals surface area contributed by atoms with Crippen molar-refractivity contribution in [2.45, 2.75) is 20.0 Å². The SMILES string of the molecule is C/C(N)=N/OC(=O)C(C)O. The van der Waals surface area contributed by atoms with Gasteiger partial charge in [-0.15, -0.1) is 0 Å². The normalized spacial score (nSPS) is 14.5. The van der Waals surface area contributed by atoms with E-state index < -0.39 is 12.1 Å². The van der Waals surface area contributed by atoms with Crippen molar-refractivity contribution >= 4 is 11.8 Å². The minimum Gasteiger partial charge on any atom is -0.385 e. The first-order chi connectivity index (χ1) is 4.54. The number of amidine groups is 1. The third-order valence-electron chi connectivity index (χ3n) is 0.621. The molecule has 0 aliphatic carbocycles. The molecule has 0 aromatic carbocycles. The smallest absolute Gasteiger partial charge is 0.362 e. The number of carbonyl (C=O) groups excluding carboxylic acids is 1. The molecule has 0 aromatic heterocycles. The van der Waals surface area contributed by atoms with Crippen LogP contribution in [0.5, 0.6) is 0 Å². The second-order valence-corrected chi connectivity index (χ2v) is 1.82. The van der Waals surface area contributed by atoms with Crippen LogP contribution in [0, 0.1) is 0 Å². The van der Waals surface area contributed by atoms with Crippen molar-refractivity contribution in [2.24, 2.45) is 10.9 Å². The van der Waals surface area contributed by atoms with E-state index in [1.54, 1.807) is 0 Å². The van der Waals surface area contributed by atoms with Crippen molar-refractivity contribution in [3.63, 3.8) is 0 Å². The monoisotopic (exact) mass is 146 g/mol. The summed E-state index contributed by atoms with van der Waals surface area (Å²) in [6, 6.07) is 0. The molecular weight excluding hydrogens is 136 g/mol. The zero-order valence-electron chi connectivity index (χ0n) is 5.87. The molecule has 0 amide bonds. The molecule has 1 atom stereocenters. The van der Waals surface area contributed by atoms with Crippen LogP contribution in [0.2, 0.25) is 0 Å². The van der Waals surface area contributed by atoms with Crippen LogP contribution in [0.3, 0.4) is 0 Å². The molecule has 0 aliphatic rings. The Bertz CT molecular complexity index is 149. The number of hydrogen-bond donors (Lipinski definition) is 2. The van der Waals surface area contributed by atoms with Crippen molar-refractivity contribution in [1.29, 1.82) is 0 Å². The lowest BCUT2D eigenvalue weighted by Crippen LogP contribution is -2.18. The average Bonchev–Trinajstić information content (AvgIpc) is 1.82. The molecule has 0 radical (unpaired) electrons. The molecule has 1 unspecified atom stereocenters. The van der Waals surface area contributed by atoms with Gasteiger partial charge in [0, 0.05) is 0 Å². The molecule has 5 heteroatoms. The summed E-state index contributed by atoms with van der Waals surface area (Å²) in [4.78, 5) is 14.6. The van der Waals surface area contributed by atoms with Crippen LogP contribution in [-0.4, -0.2) is 23.0 Å². The molecule has 0 saturated carbocycles. The molecule has 5 nitrogen and oxygen atoms in total. The van der Waals surface area contributed by atoms with E-state index in [1.807, 2.05) is 0 Å². The van der Waals surface area contributed by atoms with Crippen molar-refractivity contribution in [3.05, 3.63) is 0 Å². The van der Waals surface area contributed by atoms with Crippen LogP contribution in [-0.2, 0) is 9.63 Å². The van der Waals surface area contributed by atoms with Gasteiger partial charge in [-0.1, -0.05) is 5.16 Å². The highest BCUT2D eigenvalue weighted by atomic mass is 16.7. The Hall–Kier alpha value is -1.10. The standard InChI is InChI=1S/C5H10N2O3/c1-3(8)5(9)10-7-4(2)6/h3,8H,1-2H3,(H2,6,7). The van der Waals surface area contributed by atoms with Crippen molar-refractivity contribution < 1.29 is 14.7 Å². The summed E-state index contributed by atoms with van der Waals surface area (Å²) in [5.74, 6) is -0.682. The highest BCUT2D eigenvalue weighted by Crippen LogP contribution is 1.86. The Balaban J connectivity index is 3.71. The van der Waals surface area contributed by atoms with E-state index >= 15 is 0 Å². The maximum atomic E-state index is 10.4. The zero-order chi connectivity index (χ0) is 8.15. The van der Waals surface area contributed by atoms with Crippen LogP contribution >= 0.6 is 0 Å². The van der Waals surface area contributed by atoms with Crippen molar-refractivity contribution in [2.75, 3.05) is 0 Å².